The second kappa shape index (κ2) is 4.44. The number of carbonyl (C=O) groups excluding carboxylic acids is 1. The topological polar surface area (TPSA) is 62.2 Å². The van der Waals surface area contributed by atoms with Gasteiger partial charge in [0.05, 0.1) is 5.52 Å². The molecule has 0 atom stereocenters. The summed E-state index contributed by atoms with van der Waals surface area (Å²) in [7, 11) is 0. The molecule has 0 bridgehead atoms. The Hall–Kier alpha value is -2.36. The van der Waals surface area contributed by atoms with E-state index in [4.69, 9.17) is 0 Å². The Labute approximate surface area is 92.2 Å². The van der Waals surface area contributed by atoms with Crippen molar-refractivity contribution >= 4 is 23.4 Å². The van der Waals surface area contributed by atoms with Gasteiger partial charge in [0.15, 0.2) is 0 Å². The number of hydrogen-bond donors (Lipinski definition) is 2. The van der Waals surface area contributed by atoms with Crippen molar-refractivity contribution in [2.45, 2.75) is 0 Å². The molecule has 2 aromatic rings. The molecule has 0 aliphatic heterocycles. The highest BCUT2D eigenvalue weighted by Crippen LogP contribution is 2.26. The fourth-order valence-electron chi connectivity index (χ4n) is 1.53. The van der Waals surface area contributed by atoms with E-state index >= 15 is 0 Å². The van der Waals surface area contributed by atoms with Gasteiger partial charge in [-0.1, -0.05) is 6.07 Å². The van der Waals surface area contributed by atoms with E-state index in [-0.39, 0.29) is 5.75 Å². The number of amides is 1. The summed E-state index contributed by atoms with van der Waals surface area (Å²) < 4.78 is 0. The summed E-state index contributed by atoms with van der Waals surface area (Å²) in [6, 6.07) is 6.93. The molecular formula is C12H10N2O2. The zero-order valence-corrected chi connectivity index (χ0v) is 8.42. The quantitative estimate of drug-likeness (QED) is 0.764. The van der Waals surface area contributed by atoms with E-state index in [0.29, 0.717) is 17.3 Å². The lowest BCUT2D eigenvalue weighted by Gasteiger charge is -2.03. The number of phenolic OH excluding ortho intramolecular Hbond substituents is 1. The van der Waals surface area contributed by atoms with Crippen molar-refractivity contribution in [3.63, 3.8) is 0 Å². The maximum atomic E-state index is 10.1. The van der Waals surface area contributed by atoms with Crippen LogP contribution in [0.4, 0.5) is 0 Å². The average Bonchev–Trinajstić information content (AvgIpc) is 2.30. The minimum Gasteiger partial charge on any atom is -0.507 e. The molecule has 4 nitrogen and oxygen atoms in total. The first-order valence-electron chi connectivity index (χ1n) is 4.76. The third-order valence-corrected chi connectivity index (χ3v) is 2.20. The van der Waals surface area contributed by atoms with Crippen molar-refractivity contribution in [2.75, 3.05) is 0 Å². The van der Waals surface area contributed by atoms with Gasteiger partial charge in [0.1, 0.15) is 5.75 Å². The third kappa shape index (κ3) is 1.86. The normalized spacial score (nSPS) is 10.8. The number of hydrogen-bond acceptors (Lipinski definition) is 3. The summed E-state index contributed by atoms with van der Waals surface area (Å²) >= 11 is 0. The van der Waals surface area contributed by atoms with Crippen LogP contribution in [0, 0.1) is 0 Å². The molecule has 0 aliphatic carbocycles. The molecule has 1 heterocycles. The number of benzene rings is 1. The molecule has 16 heavy (non-hydrogen) atoms. The van der Waals surface area contributed by atoms with Crippen LogP contribution in [-0.2, 0) is 4.79 Å². The second-order valence-electron chi connectivity index (χ2n) is 3.19. The Kier molecular flexibility index (Phi) is 2.82. The van der Waals surface area contributed by atoms with Gasteiger partial charge in [0.25, 0.3) is 0 Å². The minimum absolute atomic E-state index is 0.177. The Balaban J connectivity index is 2.56. The SMILES string of the molecule is O=CNC=Cc1ccnc2cccc(O)c12. The van der Waals surface area contributed by atoms with Crippen LogP contribution in [0.3, 0.4) is 0 Å². The van der Waals surface area contributed by atoms with Gasteiger partial charge >= 0.3 is 0 Å². The highest BCUT2D eigenvalue weighted by molar-refractivity contribution is 5.92. The van der Waals surface area contributed by atoms with Crippen LogP contribution in [0.1, 0.15) is 5.56 Å². The van der Waals surface area contributed by atoms with E-state index in [1.165, 1.54) is 6.20 Å². The number of fused-ring (bicyclic) bond motifs is 1. The number of carbonyl (C=O) groups is 1. The molecule has 1 aromatic heterocycles. The second-order valence-corrected chi connectivity index (χ2v) is 3.19. The number of rotatable bonds is 3. The number of pyridine rings is 1. The summed E-state index contributed by atoms with van der Waals surface area (Å²) in [6.45, 7) is 0. The summed E-state index contributed by atoms with van der Waals surface area (Å²) in [5.74, 6) is 0.177. The number of aromatic nitrogens is 1. The first kappa shape index (κ1) is 10.2. The van der Waals surface area contributed by atoms with E-state index in [1.807, 2.05) is 6.07 Å². The molecule has 4 heteroatoms. The smallest absolute Gasteiger partial charge is 0.211 e. The van der Waals surface area contributed by atoms with Crippen LogP contribution in [0.15, 0.2) is 36.7 Å². The minimum atomic E-state index is 0.177. The maximum Gasteiger partial charge on any atom is 0.211 e. The predicted molar refractivity (Wildman–Crippen MR) is 61.6 cm³/mol. The van der Waals surface area contributed by atoms with Crippen molar-refractivity contribution in [1.82, 2.24) is 10.3 Å². The monoisotopic (exact) mass is 214 g/mol. The fraction of sp³-hybridized carbons (Fsp3) is 0. The molecule has 80 valence electrons. The van der Waals surface area contributed by atoms with Crippen LogP contribution in [0.25, 0.3) is 17.0 Å². The zero-order chi connectivity index (χ0) is 11.4. The fourth-order valence-corrected chi connectivity index (χ4v) is 1.53. The molecule has 0 aliphatic rings. The summed E-state index contributed by atoms with van der Waals surface area (Å²) in [6.07, 6.45) is 5.45. The van der Waals surface area contributed by atoms with E-state index in [2.05, 4.69) is 10.3 Å². The zero-order valence-electron chi connectivity index (χ0n) is 8.42. The van der Waals surface area contributed by atoms with E-state index < -0.39 is 0 Å². The van der Waals surface area contributed by atoms with E-state index in [1.54, 1.807) is 30.5 Å². The van der Waals surface area contributed by atoms with Crippen molar-refractivity contribution in [2.24, 2.45) is 0 Å². The lowest BCUT2D eigenvalue weighted by molar-refractivity contribution is -0.108. The van der Waals surface area contributed by atoms with E-state index in [0.717, 1.165) is 5.56 Å². The molecule has 0 spiro atoms. The standard InChI is InChI=1S/C12H10N2O2/c15-8-13-6-4-9-5-7-14-10-2-1-3-11(16)12(9)10/h1-8,16H,(H,13,15). The Morgan fingerprint density at radius 3 is 3.00 bits per heavy atom. The molecule has 1 aromatic carbocycles. The highest BCUT2D eigenvalue weighted by atomic mass is 16.3. The van der Waals surface area contributed by atoms with Crippen molar-refractivity contribution in [1.29, 1.82) is 0 Å². The van der Waals surface area contributed by atoms with Crippen LogP contribution in [0.2, 0.25) is 0 Å². The molecule has 0 unspecified atom stereocenters. The van der Waals surface area contributed by atoms with Crippen LogP contribution in [0.5, 0.6) is 5.75 Å². The van der Waals surface area contributed by atoms with Crippen LogP contribution in [-0.4, -0.2) is 16.5 Å². The van der Waals surface area contributed by atoms with Crippen molar-refractivity contribution in [3.05, 3.63) is 42.2 Å². The lowest BCUT2D eigenvalue weighted by atomic mass is 10.1. The average molecular weight is 214 g/mol. The first-order valence-corrected chi connectivity index (χ1v) is 4.76. The number of phenols is 1. The number of aromatic hydroxyl groups is 1. The molecule has 2 N–H and O–H groups in total. The molecule has 0 saturated carbocycles. The summed E-state index contributed by atoms with van der Waals surface area (Å²) in [5.41, 5.74) is 1.52. The van der Waals surface area contributed by atoms with Gasteiger partial charge < -0.3 is 10.4 Å². The van der Waals surface area contributed by atoms with Crippen molar-refractivity contribution in [3.8, 4) is 5.75 Å². The van der Waals surface area contributed by atoms with Gasteiger partial charge in [-0.05, 0) is 29.8 Å². The largest absolute Gasteiger partial charge is 0.507 e. The molecule has 2 rings (SSSR count). The van der Waals surface area contributed by atoms with Crippen molar-refractivity contribution < 1.29 is 9.90 Å². The predicted octanol–water partition coefficient (Wildman–Crippen LogP) is 1.66. The van der Waals surface area contributed by atoms with E-state index in [9.17, 15) is 9.90 Å². The lowest BCUT2D eigenvalue weighted by Crippen LogP contribution is -1.98. The molecule has 0 fully saturated rings. The summed E-state index contributed by atoms with van der Waals surface area (Å²) in [4.78, 5) is 14.2. The molecular weight excluding hydrogens is 204 g/mol. The first-order chi connectivity index (χ1) is 7.83. The maximum absolute atomic E-state index is 10.1. The Morgan fingerprint density at radius 2 is 2.19 bits per heavy atom. The number of nitrogens with zero attached hydrogens (tertiary/aromatic N) is 1. The van der Waals surface area contributed by atoms with Gasteiger partial charge in [-0.2, -0.15) is 0 Å². The Bertz CT molecular complexity index is 544. The van der Waals surface area contributed by atoms with Gasteiger partial charge in [0.2, 0.25) is 6.41 Å². The van der Waals surface area contributed by atoms with Gasteiger partial charge in [-0.15, -0.1) is 0 Å². The number of nitrogens with one attached hydrogen (secondary N) is 1. The van der Waals surface area contributed by atoms with Crippen LogP contribution < -0.4 is 5.32 Å². The Morgan fingerprint density at radius 1 is 1.31 bits per heavy atom. The third-order valence-electron chi connectivity index (χ3n) is 2.20. The molecule has 1 amide bonds. The molecule has 0 radical (unpaired) electrons. The highest BCUT2D eigenvalue weighted by Gasteiger charge is 2.03. The summed E-state index contributed by atoms with van der Waals surface area (Å²) in [5, 5.41) is 12.8. The molecule has 0 saturated heterocycles. The van der Waals surface area contributed by atoms with Crippen LogP contribution >= 0.6 is 0 Å². The van der Waals surface area contributed by atoms with Gasteiger partial charge in [0, 0.05) is 17.8 Å². The van der Waals surface area contributed by atoms with Gasteiger partial charge in [-0.3, -0.25) is 9.78 Å². The van der Waals surface area contributed by atoms with Gasteiger partial charge in [-0.25, -0.2) is 0 Å².